The Labute approximate surface area is 118 Å². The summed E-state index contributed by atoms with van der Waals surface area (Å²) in [6, 6.07) is 15.7. The van der Waals surface area contributed by atoms with Gasteiger partial charge in [0.2, 0.25) is 0 Å². The quantitative estimate of drug-likeness (QED) is 0.815. The molecule has 0 aliphatic heterocycles. The summed E-state index contributed by atoms with van der Waals surface area (Å²) in [5.74, 6) is 0.246. The molecule has 0 saturated carbocycles. The van der Waals surface area contributed by atoms with Crippen molar-refractivity contribution in [3.8, 4) is 5.75 Å². The summed E-state index contributed by atoms with van der Waals surface area (Å²) in [6.07, 6.45) is -0.608. The first kappa shape index (κ1) is 14.5. The van der Waals surface area contributed by atoms with Crippen LogP contribution in [0.3, 0.4) is 0 Å². The molecular formula is C16H18FNO2. The topological polar surface area (TPSA) is 41.5 Å². The molecule has 4 heteroatoms. The Hall–Kier alpha value is -1.91. The second-order valence-corrected chi connectivity index (χ2v) is 4.54. The third-order valence-corrected chi connectivity index (χ3v) is 2.81. The molecule has 2 aromatic rings. The van der Waals surface area contributed by atoms with Gasteiger partial charge in [0, 0.05) is 13.1 Å². The first-order chi connectivity index (χ1) is 9.74. The highest BCUT2D eigenvalue weighted by molar-refractivity contribution is 5.22. The van der Waals surface area contributed by atoms with E-state index >= 15 is 0 Å². The zero-order valence-corrected chi connectivity index (χ0v) is 11.1. The molecule has 0 amide bonds. The lowest BCUT2D eigenvalue weighted by Crippen LogP contribution is -2.31. The second kappa shape index (κ2) is 7.62. The van der Waals surface area contributed by atoms with Crippen LogP contribution in [-0.2, 0) is 6.54 Å². The van der Waals surface area contributed by atoms with Crippen LogP contribution < -0.4 is 10.1 Å². The Morgan fingerprint density at radius 1 is 1.05 bits per heavy atom. The van der Waals surface area contributed by atoms with Crippen LogP contribution in [0.5, 0.6) is 5.75 Å². The van der Waals surface area contributed by atoms with Crippen LogP contribution in [0.4, 0.5) is 4.39 Å². The highest BCUT2D eigenvalue weighted by Gasteiger charge is 2.05. The molecule has 0 radical (unpaired) electrons. The minimum Gasteiger partial charge on any atom is -0.491 e. The number of halogens is 1. The van der Waals surface area contributed by atoms with Crippen molar-refractivity contribution in [3.63, 3.8) is 0 Å². The van der Waals surface area contributed by atoms with Crippen molar-refractivity contribution in [1.82, 2.24) is 5.32 Å². The number of rotatable bonds is 7. The van der Waals surface area contributed by atoms with E-state index in [4.69, 9.17) is 4.74 Å². The molecule has 1 atom stereocenters. The van der Waals surface area contributed by atoms with E-state index in [1.807, 2.05) is 30.3 Å². The van der Waals surface area contributed by atoms with Gasteiger partial charge in [-0.05, 0) is 29.8 Å². The Bertz CT molecular complexity index is 502. The van der Waals surface area contributed by atoms with Crippen molar-refractivity contribution in [2.75, 3.05) is 13.2 Å². The second-order valence-electron chi connectivity index (χ2n) is 4.54. The molecule has 3 nitrogen and oxygen atoms in total. The summed E-state index contributed by atoms with van der Waals surface area (Å²) in [4.78, 5) is 0. The number of nitrogens with one attached hydrogen (secondary N) is 1. The Kier molecular flexibility index (Phi) is 5.53. The summed E-state index contributed by atoms with van der Waals surface area (Å²) in [7, 11) is 0. The molecule has 0 saturated heterocycles. The van der Waals surface area contributed by atoms with Crippen molar-refractivity contribution in [3.05, 3.63) is 66.0 Å². The number of aliphatic hydroxyl groups is 1. The van der Waals surface area contributed by atoms with Gasteiger partial charge in [-0.1, -0.05) is 30.3 Å². The zero-order chi connectivity index (χ0) is 14.2. The molecule has 0 unspecified atom stereocenters. The SMILES string of the molecule is O[C@@H](CNCc1ccccc1)COc1ccc(F)cc1. The van der Waals surface area contributed by atoms with Gasteiger partial charge in [-0.3, -0.25) is 0 Å². The fourth-order valence-electron chi connectivity index (χ4n) is 1.76. The van der Waals surface area contributed by atoms with Crippen LogP contribution >= 0.6 is 0 Å². The summed E-state index contributed by atoms with van der Waals surface area (Å²) in [6.45, 7) is 1.32. The number of hydrogen-bond acceptors (Lipinski definition) is 3. The minimum absolute atomic E-state index is 0.174. The van der Waals surface area contributed by atoms with Gasteiger partial charge in [0.25, 0.3) is 0 Å². The molecule has 0 spiro atoms. The van der Waals surface area contributed by atoms with Crippen molar-refractivity contribution in [1.29, 1.82) is 0 Å². The molecule has 0 aliphatic rings. The predicted octanol–water partition coefficient (Wildman–Crippen LogP) is 2.36. The fraction of sp³-hybridized carbons (Fsp3) is 0.250. The summed E-state index contributed by atoms with van der Waals surface area (Å²) in [5, 5.41) is 12.9. The zero-order valence-electron chi connectivity index (χ0n) is 11.1. The van der Waals surface area contributed by atoms with Gasteiger partial charge in [0.05, 0.1) is 0 Å². The summed E-state index contributed by atoms with van der Waals surface area (Å²) < 4.78 is 18.1. The first-order valence-corrected chi connectivity index (χ1v) is 6.55. The van der Waals surface area contributed by atoms with Crippen molar-refractivity contribution in [2.24, 2.45) is 0 Å². The van der Waals surface area contributed by atoms with Gasteiger partial charge in [-0.15, -0.1) is 0 Å². The lowest BCUT2D eigenvalue weighted by molar-refractivity contribution is 0.106. The highest BCUT2D eigenvalue weighted by Crippen LogP contribution is 2.11. The van der Waals surface area contributed by atoms with E-state index in [0.29, 0.717) is 18.8 Å². The molecule has 2 N–H and O–H groups in total. The van der Waals surface area contributed by atoms with E-state index in [-0.39, 0.29) is 12.4 Å². The van der Waals surface area contributed by atoms with Crippen LogP contribution in [0.25, 0.3) is 0 Å². The van der Waals surface area contributed by atoms with E-state index < -0.39 is 6.10 Å². The Balaban J connectivity index is 1.65. The molecule has 0 heterocycles. The van der Waals surface area contributed by atoms with E-state index in [9.17, 15) is 9.50 Å². The van der Waals surface area contributed by atoms with Crippen LogP contribution in [0, 0.1) is 5.82 Å². The monoisotopic (exact) mass is 275 g/mol. The molecule has 0 aromatic heterocycles. The lowest BCUT2D eigenvalue weighted by Gasteiger charge is -2.13. The van der Waals surface area contributed by atoms with Crippen molar-refractivity contribution < 1.29 is 14.2 Å². The Morgan fingerprint density at radius 3 is 2.45 bits per heavy atom. The largest absolute Gasteiger partial charge is 0.491 e. The van der Waals surface area contributed by atoms with Gasteiger partial charge in [0.1, 0.15) is 24.3 Å². The molecule has 2 rings (SSSR count). The molecule has 0 aliphatic carbocycles. The average Bonchev–Trinajstić information content (AvgIpc) is 2.48. The van der Waals surface area contributed by atoms with E-state index in [1.54, 1.807) is 12.1 Å². The molecule has 20 heavy (non-hydrogen) atoms. The fourth-order valence-corrected chi connectivity index (χ4v) is 1.76. The maximum absolute atomic E-state index is 12.7. The predicted molar refractivity (Wildman–Crippen MR) is 76.1 cm³/mol. The smallest absolute Gasteiger partial charge is 0.123 e. The molecule has 2 aromatic carbocycles. The molecule has 106 valence electrons. The number of ether oxygens (including phenoxy) is 1. The number of benzene rings is 2. The number of hydrogen-bond donors (Lipinski definition) is 2. The third kappa shape index (κ3) is 4.99. The minimum atomic E-state index is -0.608. The summed E-state index contributed by atoms with van der Waals surface area (Å²) in [5.41, 5.74) is 1.17. The molecule has 0 fully saturated rings. The summed E-state index contributed by atoms with van der Waals surface area (Å²) >= 11 is 0. The highest BCUT2D eigenvalue weighted by atomic mass is 19.1. The normalized spacial score (nSPS) is 12.1. The van der Waals surface area contributed by atoms with Crippen LogP contribution in [0.2, 0.25) is 0 Å². The standard InChI is InChI=1S/C16H18FNO2/c17-14-6-8-16(9-7-14)20-12-15(19)11-18-10-13-4-2-1-3-5-13/h1-9,15,18-19H,10-12H2/t15-/m0/s1. The van der Waals surface area contributed by atoms with E-state index in [0.717, 1.165) is 0 Å². The van der Waals surface area contributed by atoms with Crippen LogP contribution in [-0.4, -0.2) is 24.4 Å². The van der Waals surface area contributed by atoms with Gasteiger partial charge < -0.3 is 15.2 Å². The maximum atomic E-state index is 12.7. The lowest BCUT2D eigenvalue weighted by atomic mass is 10.2. The van der Waals surface area contributed by atoms with Gasteiger partial charge in [-0.2, -0.15) is 0 Å². The van der Waals surface area contributed by atoms with Gasteiger partial charge in [-0.25, -0.2) is 4.39 Å². The van der Waals surface area contributed by atoms with Gasteiger partial charge >= 0.3 is 0 Å². The number of aliphatic hydroxyl groups excluding tert-OH is 1. The average molecular weight is 275 g/mol. The van der Waals surface area contributed by atoms with Crippen molar-refractivity contribution >= 4 is 0 Å². The third-order valence-electron chi connectivity index (χ3n) is 2.81. The van der Waals surface area contributed by atoms with Gasteiger partial charge in [0.15, 0.2) is 0 Å². The van der Waals surface area contributed by atoms with E-state index in [2.05, 4.69) is 5.32 Å². The first-order valence-electron chi connectivity index (χ1n) is 6.55. The van der Waals surface area contributed by atoms with E-state index in [1.165, 1.54) is 17.7 Å². The van der Waals surface area contributed by atoms with Crippen LogP contribution in [0.1, 0.15) is 5.56 Å². The maximum Gasteiger partial charge on any atom is 0.123 e. The molecule has 0 bridgehead atoms. The van der Waals surface area contributed by atoms with Crippen LogP contribution in [0.15, 0.2) is 54.6 Å². The molecular weight excluding hydrogens is 257 g/mol. The Morgan fingerprint density at radius 2 is 1.75 bits per heavy atom. The van der Waals surface area contributed by atoms with Crippen molar-refractivity contribution in [2.45, 2.75) is 12.6 Å².